The molecule has 0 unspecified atom stereocenters. The van der Waals surface area contributed by atoms with E-state index in [-0.39, 0.29) is 5.97 Å². The smallest absolute Gasteiger partial charge is 0.319 e. The van der Waals surface area contributed by atoms with Crippen molar-refractivity contribution >= 4 is 5.97 Å². The molecule has 0 amide bonds. The van der Waals surface area contributed by atoms with Crippen LogP contribution < -0.4 is 0 Å². The fraction of sp³-hybridized carbons (Fsp3) is 0.938. The molecule has 4 aliphatic rings. The van der Waals surface area contributed by atoms with Crippen molar-refractivity contribution in [2.75, 3.05) is 26.7 Å². The van der Waals surface area contributed by atoms with E-state index in [1.807, 2.05) is 0 Å². The molecular weight excluding hydrogens is 238 g/mol. The second kappa shape index (κ2) is 5.08. The lowest BCUT2D eigenvalue weighted by Gasteiger charge is -2.57. The van der Waals surface area contributed by atoms with E-state index in [0.717, 1.165) is 30.8 Å². The predicted molar refractivity (Wildman–Crippen MR) is 74.7 cm³/mol. The van der Waals surface area contributed by atoms with Crippen LogP contribution >= 0.6 is 0 Å². The van der Waals surface area contributed by atoms with E-state index in [4.69, 9.17) is 4.74 Å². The lowest BCUT2D eigenvalue weighted by atomic mass is 9.49. The standard InChI is InChI=1S/C16H27NO2/c1-3-17(10-15(18)19-2)11-16-7-12-4-13(8-16)6-14(5-12)9-16/h12-14H,3-11H2,1-2H3. The summed E-state index contributed by atoms with van der Waals surface area (Å²) in [5.74, 6) is 2.88. The number of hydrogen-bond acceptors (Lipinski definition) is 3. The van der Waals surface area contributed by atoms with Gasteiger partial charge in [-0.15, -0.1) is 0 Å². The maximum atomic E-state index is 11.5. The second-order valence-corrected chi connectivity index (χ2v) is 7.30. The Balaban J connectivity index is 1.66. The molecule has 0 aliphatic heterocycles. The maximum Gasteiger partial charge on any atom is 0.319 e. The quantitative estimate of drug-likeness (QED) is 0.716. The summed E-state index contributed by atoms with van der Waals surface area (Å²) in [6.07, 6.45) is 8.71. The highest BCUT2D eigenvalue weighted by Gasteiger charge is 2.51. The minimum atomic E-state index is -0.0911. The van der Waals surface area contributed by atoms with E-state index < -0.39 is 0 Å². The number of likely N-dealkylation sites (N-methyl/N-ethyl adjacent to an activating group) is 1. The van der Waals surface area contributed by atoms with Crippen molar-refractivity contribution < 1.29 is 9.53 Å². The van der Waals surface area contributed by atoms with Crippen LogP contribution in [0.25, 0.3) is 0 Å². The summed E-state index contributed by atoms with van der Waals surface area (Å²) in [7, 11) is 1.49. The van der Waals surface area contributed by atoms with Crippen molar-refractivity contribution in [3.05, 3.63) is 0 Å². The van der Waals surface area contributed by atoms with Crippen molar-refractivity contribution in [2.45, 2.75) is 45.4 Å². The third-order valence-corrected chi connectivity index (χ3v) is 5.75. The molecule has 0 atom stereocenters. The van der Waals surface area contributed by atoms with Crippen LogP contribution in [-0.4, -0.2) is 37.6 Å². The highest BCUT2D eigenvalue weighted by atomic mass is 16.5. The summed E-state index contributed by atoms with van der Waals surface area (Å²) < 4.78 is 4.82. The van der Waals surface area contributed by atoms with Crippen molar-refractivity contribution in [1.29, 1.82) is 0 Å². The number of methoxy groups -OCH3 is 1. The number of carbonyl (C=O) groups is 1. The molecule has 108 valence electrons. The third-order valence-electron chi connectivity index (χ3n) is 5.75. The average molecular weight is 265 g/mol. The van der Waals surface area contributed by atoms with Gasteiger partial charge in [-0.2, -0.15) is 0 Å². The normalized spacial score (nSPS) is 39.8. The summed E-state index contributed by atoms with van der Waals surface area (Å²) in [6, 6.07) is 0. The van der Waals surface area contributed by atoms with E-state index >= 15 is 0 Å². The van der Waals surface area contributed by atoms with Gasteiger partial charge in [0.2, 0.25) is 0 Å². The number of ether oxygens (including phenoxy) is 1. The Labute approximate surface area is 116 Å². The number of carbonyl (C=O) groups excluding carboxylic acids is 1. The number of rotatable bonds is 5. The van der Waals surface area contributed by atoms with Crippen molar-refractivity contribution in [2.24, 2.45) is 23.2 Å². The van der Waals surface area contributed by atoms with Crippen LogP contribution in [0, 0.1) is 23.2 Å². The van der Waals surface area contributed by atoms with E-state index in [1.54, 1.807) is 0 Å². The molecule has 4 rings (SSSR count). The molecule has 0 aromatic heterocycles. The fourth-order valence-electron chi connectivity index (χ4n) is 5.48. The first-order valence-electron chi connectivity index (χ1n) is 7.91. The largest absolute Gasteiger partial charge is 0.468 e. The Morgan fingerprint density at radius 1 is 1.16 bits per heavy atom. The molecule has 0 spiro atoms. The highest BCUT2D eigenvalue weighted by Crippen LogP contribution is 2.60. The van der Waals surface area contributed by atoms with Gasteiger partial charge >= 0.3 is 5.97 Å². The van der Waals surface area contributed by atoms with Crippen molar-refractivity contribution in [3.63, 3.8) is 0 Å². The Morgan fingerprint density at radius 3 is 2.11 bits per heavy atom. The zero-order valence-electron chi connectivity index (χ0n) is 12.4. The topological polar surface area (TPSA) is 29.5 Å². The van der Waals surface area contributed by atoms with Gasteiger partial charge < -0.3 is 4.74 Å². The number of esters is 1. The van der Waals surface area contributed by atoms with Crippen LogP contribution in [0.4, 0.5) is 0 Å². The molecule has 0 saturated heterocycles. The molecule has 4 saturated carbocycles. The van der Waals surface area contributed by atoms with Gasteiger partial charge in [0.25, 0.3) is 0 Å². The molecule has 0 N–H and O–H groups in total. The molecule has 3 nitrogen and oxygen atoms in total. The van der Waals surface area contributed by atoms with Gasteiger partial charge in [-0.25, -0.2) is 0 Å². The molecule has 19 heavy (non-hydrogen) atoms. The molecule has 0 heterocycles. The second-order valence-electron chi connectivity index (χ2n) is 7.30. The highest BCUT2D eigenvalue weighted by molar-refractivity contribution is 5.71. The molecule has 4 aliphatic carbocycles. The molecular formula is C16H27NO2. The van der Waals surface area contributed by atoms with Crippen LogP contribution in [0.1, 0.15) is 45.4 Å². The summed E-state index contributed by atoms with van der Waals surface area (Å²) in [5, 5.41) is 0. The Kier molecular flexibility index (Phi) is 3.59. The average Bonchev–Trinajstić information content (AvgIpc) is 2.35. The van der Waals surface area contributed by atoms with E-state index in [2.05, 4.69) is 11.8 Å². The van der Waals surface area contributed by atoms with Crippen LogP contribution in [0.3, 0.4) is 0 Å². The summed E-state index contributed by atoms with van der Waals surface area (Å²) in [5.41, 5.74) is 0.527. The lowest BCUT2D eigenvalue weighted by Crippen LogP contribution is -2.51. The van der Waals surface area contributed by atoms with Crippen LogP contribution in [0.15, 0.2) is 0 Å². The Hall–Kier alpha value is -0.570. The third kappa shape index (κ3) is 2.67. The lowest BCUT2D eigenvalue weighted by molar-refractivity contribution is -0.143. The molecule has 4 bridgehead atoms. The minimum absolute atomic E-state index is 0.0911. The maximum absolute atomic E-state index is 11.5. The van der Waals surface area contributed by atoms with E-state index in [1.165, 1.54) is 45.6 Å². The van der Waals surface area contributed by atoms with Gasteiger partial charge in [0.05, 0.1) is 13.7 Å². The van der Waals surface area contributed by atoms with Crippen LogP contribution in [0.2, 0.25) is 0 Å². The molecule has 0 aromatic rings. The predicted octanol–water partition coefficient (Wildman–Crippen LogP) is 2.70. The minimum Gasteiger partial charge on any atom is -0.468 e. The number of hydrogen-bond donors (Lipinski definition) is 0. The van der Waals surface area contributed by atoms with Gasteiger partial charge in [0.15, 0.2) is 0 Å². The molecule has 0 aromatic carbocycles. The van der Waals surface area contributed by atoms with Gasteiger partial charge in [0, 0.05) is 6.54 Å². The summed E-state index contributed by atoms with van der Waals surface area (Å²) in [6.45, 7) is 4.69. The SMILES string of the molecule is CCN(CC(=O)OC)CC12CC3CC(CC(C3)C1)C2. The molecule has 0 radical (unpaired) electrons. The van der Waals surface area contributed by atoms with Crippen LogP contribution in [0.5, 0.6) is 0 Å². The van der Waals surface area contributed by atoms with Gasteiger partial charge in [-0.3, -0.25) is 9.69 Å². The van der Waals surface area contributed by atoms with Gasteiger partial charge in [-0.1, -0.05) is 6.92 Å². The van der Waals surface area contributed by atoms with Crippen molar-refractivity contribution in [3.8, 4) is 0 Å². The first-order valence-corrected chi connectivity index (χ1v) is 7.91. The van der Waals surface area contributed by atoms with E-state index in [0.29, 0.717) is 12.0 Å². The van der Waals surface area contributed by atoms with Crippen LogP contribution in [-0.2, 0) is 9.53 Å². The fourth-order valence-corrected chi connectivity index (χ4v) is 5.48. The Morgan fingerprint density at radius 2 is 1.68 bits per heavy atom. The summed E-state index contributed by atoms with van der Waals surface area (Å²) in [4.78, 5) is 13.8. The van der Waals surface area contributed by atoms with Gasteiger partial charge in [-0.05, 0) is 68.2 Å². The van der Waals surface area contributed by atoms with E-state index in [9.17, 15) is 4.79 Å². The molecule has 4 fully saturated rings. The first kappa shape index (κ1) is 13.4. The zero-order chi connectivity index (χ0) is 13.5. The first-order chi connectivity index (χ1) is 9.12. The molecule has 3 heteroatoms. The van der Waals surface area contributed by atoms with Crippen molar-refractivity contribution in [1.82, 2.24) is 4.90 Å². The monoisotopic (exact) mass is 265 g/mol. The Bertz CT molecular complexity index is 317. The van der Waals surface area contributed by atoms with Gasteiger partial charge in [0.1, 0.15) is 0 Å². The number of nitrogens with zero attached hydrogens (tertiary/aromatic N) is 1. The summed E-state index contributed by atoms with van der Waals surface area (Å²) >= 11 is 0. The zero-order valence-corrected chi connectivity index (χ0v) is 12.4.